The van der Waals surface area contributed by atoms with Gasteiger partial charge in [0.05, 0.1) is 13.2 Å². The van der Waals surface area contributed by atoms with Crippen LogP contribution in [0.15, 0.2) is 54.6 Å². The normalized spacial score (nSPS) is 12.0. The summed E-state index contributed by atoms with van der Waals surface area (Å²) in [5, 5.41) is 3.11. The smallest absolute Gasteiger partial charge is 0.251 e. The first-order valence-corrected chi connectivity index (χ1v) is 7.11. The summed E-state index contributed by atoms with van der Waals surface area (Å²) in [7, 11) is 1.61. The number of hydrogen-bond acceptors (Lipinski definition) is 2. The lowest BCUT2D eigenvalue weighted by atomic mass is 9.95. The zero-order valence-electron chi connectivity index (χ0n) is 12.7. The molecule has 110 valence electrons. The van der Waals surface area contributed by atoms with Gasteiger partial charge in [0.2, 0.25) is 0 Å². The van der Waals surface area contributed by atoms with E-state index in [-0.39, 0.29) is 11.9 Å². The number of carbonyl (C=O) groups excluding carboxylic acids is 1. The first-order valence-electron chi connectivity index (χ1n) is 7.11. The van der Waals surface area contributed by atoms with Crippen molar-refractivity contribution in [3.8, 4) is 5.75 Å². The van der Waals surface area contributed by atoms with E-state index in [9.17, 15) is 4.79 Å². The molecule has 2 rings (SSSR count). The number of hydrogen-bond donors (Lipinski definition) is 1. The van der Waals surface area contributed by atoms with E-state index in [2.05, 4.69) is 19.2 Å². The first-order chi connectivity index (χ1) is 10.1. The van der Waals surface area contributed by atoms with Crippen molar-refractivity contribution in [2.45, 2.75) is 19.9 Å². The molecule has 3 nitrogen and oxygen atoms in total. The zero-order valence-corrected chi connectivity index (χ0v) is 12.7. The molecule has 1 amide bonds. The topological polar surface area (TPSA) is 38.3 Å². The fraction of sp³-hybridized carbons (Fsp3) is 0.278. The SMILES string of the molecule is COc1ccc(C(=O)N[C@H](c2ccccc2)C(C)C)cc1. The molecule has 1 N–H and O–H groups in total. The third-order valence-corrected chi connectivity index (χ3v) is 3.46. The largest absolute Gasteiger partial charge is 0.497 e. The fourth-order valence-corrected chi connectivity index (χ4v) is 2.26. The highest BCUT2D eigenvalue weighted by molar-refractivity contribution is 5.94. The van der Waals surface area contributed by atoms with Gasteiger partial charge >= 0.3 is 0 Å². The molecule has 0 radical (unpaired) electrons. The minimum absolute atomic E-state index is 0.000742. The summed E-state index contributed by atoms with van der Waals surface area (Å²) < 4.78 is 5.11. The molecule has 21 heavy (non-hydrogen) atoms. The molecule has 2 aromatic carbocycles. The molecule has 0 aliphatic rings. The monoisotopic (exact) mass is 283 g/mol. The second-order valence-electron chi connectivity index (χ2n) is 5.33. The Bertz CT molecular complexity index is 576. The number of nitrogens with one attached hydrogen (secondary N) is 1. The second kappa shape index (κ2) is 6.93. The van der Waals surface area contributed by atoms with Crippen molar-refractivity contribution < 1.29 is 9.53 Å². The third kappa shape index (κ3) is 3.85. The summed E-state index contributed by atoms with van der Waals surface area (Å²) in [6, 6.07) is 17.2. The van der Waals surface area contributed by atoms with E-state index < -0.39 is 0 Å². The summed E-state index contributed by atoms with van der Waals surface area (Å²) >= 11 is 0. The van der Waals surface area contributed by atoms with E-state index in [1.54, 1.807) is 31.4 Å². The Labute approximate surface area is 126 Å². The van der Waals surface area contributed by atoms with E-state index in [4.69, 9.17) is 4.74 Å². The number of methoxy groups -OCH3 is 1. The van der Waals surface area contributed by atoms with Gasteiger partial charge in [-0.15, -0.1) is 0 Å². The molecule has 0 aromatic heterocycles. The number of rotatable bonds is 5. The Balaban J connectivity index is 2.15. The van der Waals surface area contributed by atoms with E-state index in [0.717, 1.165) is 11.3 Å². The highest BCUT2D eigenvalue weighted by Crippen LogP contribution is 2.22. The average Bonchev–Trinajstić information content (AvgIpc) is 2.53. The molecule has 0 aliphatic carbocycles. The maximum atomic E-state index is 12.4. The molecule has 0 heterocycles. The summed E-state index contributed by atoms with van der Waals surface area (Å²) in [4.78, 5) is 12.4. The molecule has 0 fully saturated rings. The second-order valence-corrected chi connectivity index (χ2v) is 5.33. The predicted molar refractivity (Wildman–Crippen MR) is 84.5 cm³/mol. The van der Waals surface area contributed by atoms with Crippen molar-refractivity contribution in [3.05, 3.63) is 65.7 Å². The standard InChI is InChI=1S/C18H21NO2/c1-13(2)17(14-7-5-4-6-8-14)19-18(20)15-9-11-16(21-3)12-10-15/h4-13,17H,1-3H3,(H,19,20)/t17-/m0/s1. The van der Waals surface area contributed by atoms with Crippen molar-refractivity contribution in [2.75, 3.05) is 7.11 Å². The maximum Gasteiger partial charge on any atom is 0.251 e. The molecular weight excluding hydrogens is 262 g/mol. The van der Waals surface area contributed by atoms with Crippen molar-refractivity contribution in [3.63, 3.8) is 0 Å². The van der Waals surface area contributed by atoms with E-state index in [1.165, 1.54) is 0 Å². The summed E-state index contributed by atoms with van der Waals surface area (Å²) in [6.45, 7) is 4.21. The van der Waals surface area contributed by atoms with Crippen LogP contribution in [-0.2, 0) is 0 Å². The summed E-state index contributed by atoms with van der Waals surface area (Å²) in [6.07, 6.45) is 0. The summed E-state index contributed by atoms with van der Waals surface area (Å²) in [5.41, 5.74) is 1.76. The minimum Gasteiger partial charge on any atom is -0.497 e. The van der Waals surface area contributed by atoms with E-state index >= 15 is 0 Å². The molecule has 0 unspecified atom stereocenters. The van der Waals surface area contributed by atoms with Crippen LogP contribution in [0.4, 0.5) is 0 Å². The Morgan fingerprint density at radius 2 is 1.62 bits per heavy atom. The highest BCUT2D eigenvalue weighted by Gasteiger charge is 2.18. The van der Waals surface area contributed by atoms with Crippen molar-refractivity contribution in [2.24, 2.45) is 5.92 Å². The van der Waals surface area contributed by atoms with Gasteiger partial charge in [0.1, 0.15) is 5.75 Å². The Morgan fingerprint density at radius 3 is 2.14 bits per heavy atom. The van der Waals surface area contributed by atoms with Crippen molar-refractivity contribution in [1.82, 2.24) is 5.32 Å². The van der Waals surface area contributed by atoms with Crippen LogP contribution in [0.5, 0.6) is 5.75 Å². The van der Waals surface area contributed by atoms with Gasteiger partial charge in [-0.2, -0.15) is 0 Å². The van der Waals surface area contributed by atoms with Crippen molar-refractivity contribution in [1.29, 1.82) is 0 Å². The Hall–Kier alpha value is -2.29. The van der Waals surface area contributed by atoms with Gasteiger partial charge in [-0.3, -0.25) is 4.79 Å². The van der Waals surface area contributed by atoms with Crippen LogP contribution in [0.2, 0.25) is 0 Å². The predicted octanol–water partition coefficient (Wildman–Crippen LogP) is 3.82. The lowest BCUT2D eigenvalue weighted by molar-refractivity contribution is 0.0925. The summed E-state index contributed by atoms with van der Waals surface area (Å²) in [5.74, 6) is 0.991. The molecule has 0 saturated heterocycles. The van der Waals surface area contributed by atoms with Crippen molar-refractivity contribution >= 4 is 5.91 Å². The molecule has 1 atom stereocenters. The number of ether oxygens (including phenoxy) is 1. The minimum atomic E-state index is -0.0693. The maximum absolute atomic E-state index is 12.4. The average molecular weight is 283 g/mol. The van der Waals surface area contributed by atoms with E-state index in [1.807, 2.05) is 30.3 Å². The van der Waals surface area contributed by atoms with Crippen LogP contribution in [-0.4, -0.2) is 13.0 Å². The highest BCUT2D eigenvalue weighted by atomic mass is 16.5. The lowest BCUT2D eigenvalue weighted by Gasteiger charge is -2.23. The van der Waals surface area contributed by atoms with E-state index in [0.29, 0.717) is 11.5 Å². The first kappa shape index (κ1) is 15.1. The molecule has 0 aliphatic heterocycles. The molecule has 0 saturated carbocycles. The van der Waals surface area contributed by atoms with Crippen LogP contribution in [0.25, 0.3) is 0 Å². The quantitative estimate of drug-likeness (QED) is 0.906. The van der Waals surface area contributed by atoms with Crippen LogP contribution >= 0.6 is 0 Å². The van der Waals surface area contributed by atoms with Crippen LogP contribution in [0.1, 0.15) is 35.8 Å². The molecule has 0 bridgehead atoms. The number of benzene rings is 2. The molecule has 2 aromatic rings. The van der Waals surface area contributed by atoms with Gasteiger partial charge in [-0.05, 0) is 35.7 Å². The molecule has 3 heteroatoms. The Kier molecular flexibility index (Phi) is 4.99. The van der Waals surface area contributed by atoms with Gasteiger partial charge < -0.3 is 10.1 Å². The van der Waals surface area contributed by atoms with Gasteiger partial charge in [0, 0.05) is 5.56 Å². The fourth-order valence-electron chi connectivity index (χ4n) is 2.26. The van der Waals surface area contributed by atoms with Gasteiger partial charge in [-0.25, -0.2) is 0 Å². The lowest BCUT2D eigenvalue weighted by Crippen LogP contribution is -2.31. The molecular formula is C18H21NO2. The van der Waals surface area contributed by atoms with Gasteiger partial charge in [0.25, 0.3) is 5.91 Å². The van der Waals surface area contributed by atoms with Crippen LogP contribution in [0, 0.1) is 5.92 Å². The van der Waals surface area contributed by atoms with Crippen LogP contribution in [0.3, 0.4) is 0 Å². The number of amides is 1. The van der Waals surface area contributed by atoms with Gasteiger partial charge in [-0.1, -0.05) is 44.2 Å². The Morgan fingerprint density at radius 1 is 1.00 bits per heavy atom. The van der Waals surface area contributed by atoms with Crippen LogP contribution < -0.4 is 10.1 Å². The zero-order chi connectivity index (χ0) is 15.2. The third-order valence-electron chi connectivity index (χ3n) is 3.46. The number of carbonyl (C=O) groups is 1. The van der Waals surface area contributed by atoms with Gasteiger partial charge in [0.15, 0.2) is 0 Å². The molecule has 0 spiro atoms.